The number of hydrogen-bond donors (Lipinski definition) is 1. The summed E-state index contributed by atoms with van der Waals surface area (Å²) in [6.07, 6.45) is -3.31. The van der Waals surface area contributed by atoms with Gasteiger partial charge in [0.2, 0.25) is 5.91 Å². The monoisotopic (exact) mass is 378 g/mol. The molecule has 142 valence electrons. The van der Waals surface area contributed by atoms with Crippen LogP contribution in [0.2, 0.25) is 0 Å². The minimum Gasteiger partial charge on any atom is -0.332 e. The fraction of sp³-hybridized carbons (Fsp3) is 0.278. The predicted molar refractivity (Wildman–Crippen MR) is 91.8 cm³/mol. The number of anilines is 1. The number of nitrogens with one attached hydrogen (secondary N) is 1. The summed E-state index contributed by atoms with van der Waals surface area (Å²) in [5.74, 6) is -0.253. The maximum atomic E-state index is 13.0. The van der Waals surface area contributed by atoms with E-state index in [9.17, 15) is 22.8 Å². The first-order chi connectivity index (χ1) is 12.9. The third kappa shape index (κ3) is 4.36. The van der Waals surface area contributed by atoms with Crippen molar-refractivity contribution in [1.82, 2.24) is 15.2 Å². The summed E-state index contributed by atoms with van der Waals surface area (Å²) < 4.78 is 38.9. The standard InChI is InChI=1S/C18H17F3N4O2/c19-18(20,21)14-7-4-8-22-15(14)11-23-17(27)24-9-10-25(16(26)12-24)13-5-2-1-3-6-13/h1-8H,9-12H2,(H,23,27). The number of carbonyl (C=O) groups is 2. The molecule has 1 saturated heterocycles. The second kappa shape index (κ2) is 7.65. The van der Waals surface area contributed by atoms with Gasteiger partial charge in [-0.2, -0.15) is 13.2 Å². The molecule has 0 aliphatic carbocycles. The molecule has 9 heteroatoms. The number of para-hydroxylation sites is 1. The van der Waals surface area contributed by atoms with Crippen LogP contribution in [-0.2, 0) is 17.5 Å². The highest BCUT2D eigenvalue weighted by molar-refractivity contribution is 5.97. The molecule has 1 aliphatic heterocycles. The zero-order valence-corrected chi connectivity index (χ0v) is 14.2. The number of urea groups is 1. The van der Waals surface area contributed by atoms with E-state index in [1.807, 2.05) is 18.2 Å². The Morgan fingerprint density at radius 2 is 1.85 bits per heavy atom. The number of piperazine rings is 1. The lowest BCUT2D eigenvalue weighted by Crippen LogP contribution is -2.54. The zero-order valence-electron chi connectivity index (χ0n) is 14.2. The van der Waals surface area contributed by atoms with E-state index in [0.717, 1.165) is 11.8 Å². The van der Waals surface area contributed by atoms with Gasteiger partial charge in [-0.15, -0.1) is 0 Å². The van der Waals surface area contributed by atoms with Crippen LogP contribution in [0.3, 0.4) is 0 Å². The van der Waals surface area contributed by atoms with Gasteiger partial charge in [0.15, 0.2) is 0 Å². The van der Waals surface area contributed by atoms with E-state index in [0.29, 0.717) is 6.54 Å². The average Bonchev–Trinajstić information content (AvgIpc) is 2.66. The van der Waals surface area contributed by atoms with Crippen LogP contribution >= 0.6 is 0 Å². The summed E-state index contributed by atoms with van der Waals surface area (Å²) in [7, 11) is 0. The Labute approximate surface area is 153 Å². The van der Waals surface area contributed by atoms with Gasteiger partial charge < -0.3 is 15.1 Å². The molecular weight excluding hydrogens is 361 g/mol. The molecule has 3 amide bonds. The number of benzene rings is 1. The SMILES string of the molecule is O=C(NCc1ncccc1C(F)(F)F)N1CCN(c2ccccc2)C(=O)C1. The molecule has 0 atom stereocenters. The Morgan fingerprint density at radius 3 is 2.52 bits per heavy atom. The Balaban J connectivity index is 1.60. The topological polar surface area (TPSA) is 65.5 Å². The average molecular weight is 378 g/mol. The molecule has 0 saturated carbocycles. The minimum atomic E-state index is -4.55. The summed E-state index contributed by atoms with van der Waals surface area (Å²) in [6, 6.07) is 10.6. The summed E-state index contributed by atoms with van der Waals surface area (Å²) in [6.45, 7) is 0.0746. The molecule has 0 unspecified atom stereocenters. The third-order valence-electron chi connectivity index (χ3n) is 4.18. The number of aromatic nitrogens is 1. The van der Waals surface area contributed by atoms with E-state index in [1.165, 1.54) is 17.2 Å². The zero-order chi connectivity index (χ0) is 19.4. The van der Waals surface area contributed by atoms with Gasteiger partial charge in [0.05, 0.1) is 17.8 Å². The summed E-state index contributed by atoms with van der Waals surface area (Å²) in [4.78, 5) is 31.1. The molecular formula is C18H17F3N4O2. The van der Waals surface area contributed by atoms with Crippen LogP contribution in [0.4, 0.5) is 23.7 Å². The first-order valence-electron chi connectivity index (χ1n) is 8.25. The van der Waals surface area contributed by atoms with Crippen molar-refractivity contribution in [3.8, 4) is 0 Å². The van der Waals surface area contributed by atoms with Crippen molar-refractivity contribution in [3.63, 3.8) is 0 Å². The van der Waals surface area contributed by atoms with Crippen molar-refractivity contribution in [1.29, 1.82) is 0 Å². The lowest BCUT2D eigenvalue weighted by molar-refractivity contribution is -0.138. The van der Waals surface area contributed by atoms with Gasteiger partial charge in [-0.25, -0.2) is 4.79 Å². The van der Waals surface area contributed by atoms with E-state index in [-0.39, 0.29) is 31.2 Å². The number of amides is 3. The number of rotatable bonds is 3. The molecule has 27 heavy (non-hydrogen) atoms. The molecule has 3 rings (SSSR count). The lowest BCUT2D eigenvalue weighted by atomic mass is 10.2. The fourth-order valence-electron chi connectivity index (χ4n) is 2.84. The minimum absolute atomic E-state index is 0.144. The number of nitrogens with zero attached hydrogens (tertiary/aromatic N) is 3. The van der Waals surface area contributed by atoms with Crippen molar-refractivity contribution in [3.05, 3.63) is 59.9 Å². The Hall–Kier alpha value is -3.10. The van der Waals surface area contributed by atoms with Gasteiger partial charge in [-0.1, -0.05) is 18.2 Å². The van der Waals surface area contributed by atoms with Gasteiger partial charge in [0.25, 0.3) is 0 Å². The molecule has 2 aromatic rings. The van der Waals surface area contributed by atoms with Crippen LogP contribution in [0.25, 0.3) is 0 Å². The highest BCUT2D eigenvalue weighted by atomic mass is 19.4. The number of halogens is 3. The molecule has 0 radical (unpaired) electrons. The van der Waals surface area contributed by atoms with Gasteiger partial charge in [0.1, 0.15) is 6.54 Å². The first-order valence-corrected chi connectivity index (χ1v) is 8.25. The van der Waals surface area contributed by atoms with E-state index >= 15 is 0 Å². The second-order valence-corrected chi connectivity index (χ2v) is 5.96. The highest BCUT2D eigenvalue weighted by Crippen LogP contribution is 2.30. The highest BCUT2D eigenvalue weighted by Gasteiger charge is 2.34. The van der Waals surface area contributed by atoms with Crippen LogP contribution in [0.1, 0.15) is 11.3 Å². The molecule has 1 N–H and O–H groups in total. The lowest BCUT2D eigenvalue weighted by Gasteiger charge is -2.34. The van der Waals surface area contributed by atoms with Crippen molar-refractivity contribution < 1.29 is 22.8 Å². The number of hydrogen-bond acceptors (Lipinski definition) is 3. The van der Waals surface area contributed by atoms with Crippen LogP contribution in [0.15, 0.2) is 48.7 Å². The van der Waals surface area contributed by atoms with Gasteiger partial charge >= 0.3 is 12.2 Å². The number of alkyl halides is 3. The largest absolute Gasteiger partial charge is 0.418 e. The summed E-state index contributed by atoms with van der Waals surface area (Å²) in [5, 5.41) is 2.41. The third-order valence-corrected chi connectivity index (χ3v) is 4.18. The van der Waals surface area contributed by atoms with E-state index in [4.69, 9.17) is 0 Å². The van der Waals surface area contributed by atoms with Gasteiger partial charge in [-0.05, 0) is 24.3 Å². The summed E-state index contributed by atoms with van der Waals surface area (Å²) >= 11 is 0. The first kappa shape index (κ1) is 18.7. The molecule has 6 nitrogen and oxygen atoms in total. The number of pyridine rings is 1. The van der Waals surface area contributed by atoms with Crippen molar-refractivity contribution in [2.45, 2.75) is 12.7 Å². The van der Waals surface area contributed by atoms with Crippen LogP contribution in [0.5, 0.6) is 0 Å². The van der Waals surface area contributed by atoms with Crippen LogP contribution < -0.4 is 10.2 Å². The second-order valence-electron chi connectivity index (χ2n) is 5.96. The maximum absolute atomic E-state index is 13.0. The van der Waals surface area contributed by atoms with Crippen LogP contribution in [-0.4, -0.2) is 41.5 Å². The molecule has 1 aromatic heterocycles. The Kier molecular flexibility index (Phi) is 5.29. The number of carbonyl (C=O) groups excluding carboxylic acids is 2. The predicted octanol–water partition coefficient (Wildman–Crippen LogP) is 2.66. The molecule has 1 aliphatic rings. The van der Waals surface area contributed by atoms with Crippen molar-refractivity contribution in [2.75, 3.05) is 24.5 Å². The van der Waals surface area contributed by atoms with E-state index in [1.54, 1.807) is 17.0 Å². The maximum Gasteiger partial charge on any atom is 0.418 e. The smallest absolute Gasteiger partial charge is 0.332 e. The van der Waals surface area contributed by atoms with Crippen molar-refractivity contribution in [2.24, 2.45) is 0 Å². The van der Waals surface area contributed by atoms with Gasteiger partial charge in [0, 0.05) is 25.0 Å². The normalized spacial score (nSPS) is 15.0. The van der Waals surface area contributed by atoms with Crippen molar-refractivity contribution >= 4 is 17.6 Å². The fourth-order valence-corrected chi connectivity index (χ4v) is 2.84. The molecule has 0 bridgehead atoms. The van der Waals surface area contributed by atoms with Gasteiger partial charge in [-0.3, -0.25) is 9.78 Å². The molecule has 0 spiro atoms. The molecule has 1 fully saturated rings. The van der Waals surface area contributed by atoms with E-state index < -0.39 is 17.8 Å². The summed E-state index contributed by atoms with van der Waals surface area (Å²) in [5.41, 5.74) is -0.422. The van der Waals surface area contributed by atoms with Crippen LogP contribution in [0, 0.1) is 0 Å². The Morgan fingerprint density at radius 1 is 1.11 bits per heavy atom. The van der Waals surface area contributed by atoms with E-state index in [2.05, 4.69) is 10.3 Å². The Bertz CT molecular complexity index is 827. The molecule has 1 aromatic carbocycles. The quantitative estimate of drug-likeness (QED) is 0.893. The molecule has 2 heterocycles.